The predicted molar refractivity (Wildman–Crippen MR) is 123 cm³/mol. The number of imidazole rings is 1. The minimum absolute atomic E-state index is 0.206. The highest BCUT2D eigenvalue weighted by Crippen LogP contribution is 2.27. The van der Waals surface area contributed by atoms with Crippen LogP contribution in [0.25, 0.3) is 5.65 Å². The number of aromatic nitrogens is 3. The maximum absolute atomic E-state index is 14.0. The molecule has 10 heteroatoms. The topological polar surface area (TPSA) is 98.0 Å². The Morgan fingerprint density at radius 3 is 2.63 bits per heavy atom. The zero-order valence-electron chi connectivity index (χ0n) is 19.4. The fraction of sp³-hybridized carbons (Fsp3) is 0.240. The number of nitrogens with zero attached hydrogens (tertiary/aromatic N) is 3. The zero-order valence-corrected chi connectivity index (χ0v) is 19.4. The van der Waals surface area contributed by atoms with Gasteiger partial charge in [-0.25, -0.2) is 18.7 Å². The highest BCUT2D eigenvalue weighted by Gasteiger charge is 2.31. The first-order chi connectivity index (χ1) is 16.8. The number of fused-ring (bicyclic) bond motifs is 1. The molecular weight excluding hydrogens is 458 g/mol. The van der Waals surface area contributed by atoms with E-state index < -0.39 is 23.1 Å². The summed E-state index contributed by atoms with van der Waals surface area (Å²) in [6.45, 7) is 2.60. The Bertz CT molecular complexity index is 1370. The van der Waals surface area contributed by atoms with Crippen LogP contribution in [0.1, 0.15) is 34.2 Å². The van der Waals surface area contributed by atoms with Crippen LogP contribution < -0.4 is 14.8 Å². The molecule has 0 radical (unpaired) electrons. The number of rotatable bonds is 8. The molecule has 3 aromatic heterocycles. The van der Waals surface area contributed by atoms with Gasteiger partial charge in [-0.2, -0.15) is 0 Å². The molecule has 1 aromatic carbocycles. The number of hydrogen-bond acceptors (Lipinski definition) is 6. The third kappa shape index (κ3) is 4.65. The summed E-state index contributed by atoms with van der Waals surface area (Å²) in [6.07, 6.45) is 3.16. The van der Waals surface area contributed by atoms with Gasteiger partial charge >= 0.3 is 0 Å². The molecule has 4 rings (SSSR count). The van der Waals surface area contributed by atoms with Gasteiger partial charge < -0.3 is 19.9 Å². The van der Waals surface area contributed by atoms with Gasteiger partial charge in [-0.1, -0.05) is 6.07 Å². The SMILES string of the molecule is COc1cc(C(C)(CO)NC(=O)c2c(C)nc3c(OCc4c(F)cccc4F)cccn23)ccn1. The van der Waals surface area contributed by atoms with Crippen LogP contribution in [0.4, 0.5) is 8.78 Å². The highest BCUT2D eigenvalue weighted by atomic mass is 19.1. The summed E-state index contributed by atoms with van der Waals surface area (Å²) in [6, 6.07) is 10.1. The molecule has 0 fully saturated rings. The van der Waals surface area contributed by atoms with E-state index in [1.807, 2.05) is 0 Å². The molecule has 0 saturated heterocycles. The van der Waals surface area contributed by atoms with Gasteiger partial charge in [0.2, 0.25) is 5.88 Å². The van der Waals surface area contributed by atoms with E-state index in [9.17, 15) is 18.7 Å². The van der Waals surface area contributed by atoms with Crippen LogP contribution >= 0.6 is 0 Å². The van der Waals surface area contributed by atoms with Crippen molar-refractivity contribution in [3.63, 3.8) is 0 Å². The fourth-order valence-corrected chi connectivity index (χ4v) is 3.74. The van der Waals surface area contributed by atoms with Crippen LogP contribution in [0.3, 0.4) is 0 Å². The average Bonchev–Trinajstić information content (AvgIpc) is 3.20. The summed E-state index contributed by atoms with van der Waals surface area (Å²) in [5.41, 5.74) is 0.194. The molecule has 0 aliphatic carbocycles. The molecule has 0 saturated carbocycles. The van der Waals surface area contributed by atoms with Crippen molar-refractivity contribution in [3.8, 4) is 11.6 Å². The average molecular weight is 482 g/mol. The van der Waals surface area contributed by atoms with Gasteiger partial charge in [-0.3, -0.25) is 9.20 Å². The van der Waals surface area contributed by atoms with Crippen molar-refractivity contribution >= 4 is 11.6 Å². The van der Waals surface area contributed by atoms with Gasteiger partial charge in [-0.05, 0) is 49.7 Å². The normalized spacial score (nSPS) is 12.9. The lowest BCUT2D eigenvalue weighted by molar-refractivity contribution is 0.0842. The van der Waals surface area contributed by atoms with Gasteiger partial charge in [0.15, 0.2) is 11.4 Å². The molecule has 8 nitrogen and oxygen atoms in total. The molecule has 3 heterocycles. The standard InChI is InChI=1S/C25H24F2N4O4/c1-15-22(24(33)30-25(2,14-32)16-9-10-28-21(12-16)34-3)31-11-5-8-20(23(31)29-15)35-13-17-18(26)6-4-7-19(17)27/h4-12,32H,13-14H2,1-3H3,(H,30,33). The van der Waals surface area contributed by atoms with E-state index in [-0.39, 0.29) is 30.2 Å². The summed E-state index contributed by atoms with van der Waals surface area (Å²) in [4.78, 5) is 21.9. The Hall–Kier alpha value is -4.05. The number of pyridine rings is 2. The second-order valence-electron chi connectivity index (χ2n) is 8.13. The van der Waals surface area contributed by atoms with E-state index in [1.165, 1.54) is 23.8 Å². The van der Waals surface area contributed by atoms with E-state index in [2.05, 4.69) is 15.3 Å². The van der Waals surface area contributed by atoms with Crippen LogP contribution in [0, 0.1) is 18.6 Å². The van der Waals surface area contributed by atoms with Crippen molar-refractivity contribution in [1.29, 1.82) is 0 Å². The Morgan fingerprint density at radius 2 is 1.94 bits per heavy atom. The van der Waals surface area contributed by atoms with Gasteiger partial charge in [0.1, 0.15) is 23.9 Å². The van der Waals surface area contributed by atoms with Crippen LogP contribution in [-0.4, -0.2) is 39.1 Å². The number of amides is 1. The van der Waals surface area contributed by atoms with Crippen LogP contribution in [0.2, 0.25) is 0 Å². The van der Waals surface area contributed by atoms with Crippen LogP contribution in [-0.2, 0) is 12.1 Å². The lowest BCUT2D eigenvalue weighted by atomic mass is 9.93. The number of carbonyl (C=O) groups is 1. The van der Waals surface area contributed by atoms with Gasteiger partial charge in [0.25, 0.3) is 5.91 Å². The third-order valence-corrected chi connectivity index (χ3v) is 5.72. The third-order valence-electron chi connectivity index (χ3n) is 5.72. The second kappa shape index (κ2) is 9.67. The molecule has 0 aliphatic heterocycles. The molecule has 2 N–H and O–H groups in total. The number of methoxy groups -OCH3 is 1. The van der Waals surface area contributed by atoms with Crippen molar-refractivity contribution in [1.82, 2.24) is 19.7 Å². The lowest BCUT2D eigenvalue weighted by Gasteiger charge is -2.29. The number of aliphatic hydroxyl groups is 1. The van der Waals surface area contributed by atoms with Crippen LogP contribution in [0.5, 0.6) is 11.6 Å². The van der Waals surface area contributed by atoms with Crippen molar-refractivity contribution in [3.05, 3.63) is 89.0 Å². The van der Waals surface area contributed by atoms with Crippen LogP contribution in [0.15, 0.2) is 54.9 Å². The van der Waals surface area contributed by atoms with E-state index in [4.69, 9.17) is 9.47 Å². The molecule has 0 spiro atoms. The van der Waals surface area contributed by atoms with Crippen molar-refractivity contribution in [2.24, 2.45) is 0 Å². The minimum atomic E-state index is -1.14. The minimum Gasteiger partial charge on any atom is -0.485 e. The maximum atomic E-state index is 14.0. The molecule has 0 bridgehead atoms. The Morgan fingerprint density at radius 1 is 1.20 bits per heavy atom. The number of hydrogen-bond donors (Lipinski definition) is 2. The molecular formula is C25H24F2N4O4. The number of carbonyl (C=O) groups excluding carboxylic acids is 1. The summed E-state index contributed by atoms with van der Waals surface area (Å²) in [5.74, 6) is -1.32. The Balaban J connectivity index is 1.64. The molecule has 4 aromatic rings. The summed E-state index contributed by atoms with van der Waals surface area (Å²) < 4.78 is 40.3. The number of ether oxygens (including phenoxy) is 2. The predicted octanol–water partition coefficient (Wildman–Crippen LogP) is 3.54. The first-order valence-corrected chi connectivity index (χ1v) is 10.7. The number of halogens is 2. The van der Waals surface area contributed by atoms with Gasteiger partial charge in [-0.15, -0.1) is 0 Å². The van der Waals surface area contributed by atoms with Crippen molar-refractivity contribution in [2.45, 2.75) is 26.0 Å². The first-order valence-electron chi connectivity index (χ1n) is 10.7. The smallest absolute Gasteiger partial charge is 0.270 e. The van der Waals surface area contributed by atoms with Crippen molar-refractivity contribution in [2.75, 3.05) is 13.7 Å². The number of nitrogens with one attached hydrogen (secondary N) is 1. The zero-order chi connectivity index (χ0) is 25.2. The summed E-state index contributed by atoms with van der Waals surface area (Å²) in [5, 5.41) is 13.0. The number of aliphatic hydroxyl groups excluding tert-OH is 1. The van der Waals surface area contributed by atoms with E-state index in [1.54, 1.807) is 44.3 Å². The van der Waals surface area contributed by atoms with E-state index in [0.29, 0.717) is 22.8 Å². The first kappa shape index (κ1) is 24.1. The molecule has 1 atom stereocenters. The molecule has 182 valence electrons. The number of aryl methyl sites for hydroxylation is 1. The van der Waals surface area contributed by atoms with E-state index >= 15 is 0 Å². The molecule has 1 unspecified atom stereocenters. The van der Waals surface area contributed by atoms with Gasteiger partial charge in [0.05, 0.1) is 30.5 Å². The fourth-order valence-electron chi connectivity index (χ4n) is 3.74. The highest BCUT2D eigenvalue weighted by molar-refractivity contribution is 5.95. The van der Waals surface area contributed by atoms with E-state index in [0.717, 1.165) is 12.1 Å². The Kier molecular flexibility index (Phi) is 6.65. The maximum Gasteiger partial charge on any atom is 0.270 e. The number of benzene rings is 1. The molecule has 35 heavy (non-hydrogen) atoms. The van der Waals surface area contributed by atoms with Gasteiger partial charge in [0, 0.05) is 18.5 Å². The summed E-state index contributed by atoms with van der Waals surface area (Å²) in [7, 11) is 1.48. The molecule has 0 aliphatic rings. The lowest BCUT2D eigenvalue weighted by Crippen LogP contribution is -2.46. The summed E-state index contributed by atoms with van der Waals surface area (Å²) >= 11 is 0. The monoisotopic (exact) mass is 482 g/mol. The molecule has 1 amide bonds. The largest absolute Gasteiger partial charge is 0.485 e. The second-order valence-corrected chi connectivity index (χ2v) is 8.13. The quantitative estimate of drug-likeness (QED) is 0.399. The Labute approximate surface area is 200 Å². The van der Waals surface area contributed by atoms with Crippen molar-refractivity contribution < 1.29 is 28.2 Å².